The van der Waals surface area contributed by atoms with Gasteiger partial charge in [-0.15, -0.1) is 0 Å². The smallest absolute Gasteiger partial charge is 0.118 e. The van der Waals surface area contributed by atoms with Gasteiger partial charge in [-0.3, -0.25) is 0 Å². The third-order valence-electron chi connectivity index (χ3n) is 6.17. The molecule has 2 saturated heterocycles. The number of aliphatic hydroxyl groups is 1. The van der Waals surface area contributed by atoms with Gasteiger partial charge < -0.3 is 26.2 Å². The van der Waals surface area contributed by atoms with Crippen LogP contribution < -0.4 is 16.4 Å². The van der Waals surface area contributed by atoms with Crippen molar-refractivity contribution in [1.82, 2.24) is 10.6 Å². The summed E-state index contributed by atoms with van der Waals surface area (Å²) in [6.07, 6.45) is 12.7. The molecule has 1 atom stereocenters. The van der Waals surface area contributed by atoms with Crippen LogP contribution in [0.15, 0.2) is 40.7 Å². The molecular formula is C25H44N4O2. The highest BCUT2D eigenvalue weighted by Gasteiger charge is 2.30. The SMILES string of the molecule is C=C(CNCC1(O)CCOCC1)/C(=C\C(C)(C)CC/C=C(\N)N=CCC)[C@@H]1CCCN1. The van der Waals surface area contributed by atoms with Gasteiger partial charge in [-0.05, 0) is 61.3 Å². The molecule has 2 heterocycles. The van der Waals surface area contributed by atoms with Crippen LogP contribution in [0.1, 0.15) is 65.7 Å². The third-order valence-corrected chi connectivity index (χ3v) is 6.17. The molecule has 0 spiro atoms. The quantitative estimate of drug-likeness (QED) is 0.280. The zero-order chi connectivity index (χ0) is 22.7. The zero-order valence-electron chi connectivity index (χ0n) is 19.9. The summed E-state index contributed by atoms with van der Waals surface area (Å²) in [6.45, 7) is 14.6. The molecule has 2 aliphatic rings. The van der Waals surface area contributed by atoms with E-state index in [0.717, 1.165) is 37.8 Å². The summed E-state index contributed by atoms with van der Waals surface area (Å²) in [7, 11) is 0. The van der Waals surface area contributed by atoms with Crippen molar-refractivity contribution < 1.29 is 9.84 Å². The van der Waals surface area contributed by atoms with E-state index in [1.165, 1.54) is 12.0 Å². The Morgan fingerprint density at radius 2 is 2.13 bits per heavy atom. The largest absolute Gasteiger partial charge is 0.388 e. The van der Waals surface area contributed by atoms with E-state index in [1.54, 1.807) is 0 Å². The predicted molar refractivity (Wildman–Crippen MR) is 130 cm³/mol. The van der Waals surface area contributed by atoms with Gasteiger partial charge in [0.15, 0.2) is 0 Å². The average Bonchev–Trinajstić information content (AvgIpc) is 3.25. The fourth-order valence-corrected chi connectivity index (χ4v) is 4.21. The lowest BCUT2D eigenvalue weighted by molar-refractivity contribution is -0.0611. The standard InChI is InChI=1S/C25H44N4O2/c1-5-13-29-23(26)9-6-10-24(3,4)17-21(22-8-7-14-28-22)20(2)18-27-19-25(30)11-15-31-16-12-25/h9,13,17,22,27-28,30H,2,5-8,10-12,14-16,18-19,26H2,1,3-4H3/b21-17+,23-9+,29-13?/t22-/m0/s1. The van der Waals surface area contributed by atoms with E-state index in [4.69, 9.17) is 10.5 Å². The molecule has 0 unspecified atom stereocenters. The topological polar surface area (TPSA) is 91.9 Å². The fraction of sp³-hybridized carbons (Fsp3) is 0.720. The van der Waals surface area contributed by atoms with Crippen LogP contribution >= 0.6 is 0 Å². The van der Waals surface area contributed by atoms with Gasteiger partial charge in [-0.1, -0.05) is 33.4 Å². The predicted octanol–water partition coefficient (Wildman–Crippen LogP) is 3.44. The Morgan fingerprint density at radius 1 is 1.39 bits per heavy atom. The van der Waals surface area contributed by atoms with Crippen LogP contribution in [0.2, 0.25) is 0 Å². The monoisotopic (exact) mass is 432 g/mol. The molecule has 0 saturated carbocycles. The summed E-state index contributed by atoms with van der Waals surface area (Å²) < 4.78 is 5.38. The van der Waals surface area contributed by atoms with Crippen molar-refractivity contribution in [2.24, 2.45) is 16.1 Å². The van der Waals surface area contributed by atoms with Crippen molar-refractivity contribution in [3.63, 3.8) is 0 Å². The Labute approximate surface area is 189 Å². The van der Waals surface area contributed by atoms with Crippen molar-refractivity contribution in [3.05, 3.63) is 35.7 Å². The van der Waals surface area contributed by atoms with Crippen LogP contribution in [0.4, 0.5) is 0 Å². The summed E-state index contributed by atoms with van der Waals surface area (Å²) in [5, 5.41) is 17.8. The Hall–Kier alpha value is -1.47. The minimum absolute atomic E-state index is 0.0205. The molecule has 0 amide bonds. The van der Waals surface area contributed by atoms with Gasteiger partial charge in [-0.25, -0.2) is 4.99 Å². The second kappa shape index (κ2) is 12.5. The van der Waals surface area contributed by atoms with E-state index in [9.17, 15) is 5.11 Å². The molecule has 6 nitrogen and oxygen atoms in total. The second-order valence-corrected chi connectivity index (χ2v) is 9.67. The summed E-state index contributed by atoms with van der Waals surface area (Å²) in [5.41, 5.74) is 7.71. The van der Waals surface area contributed by atoms with Gasteiger partial charge in [0.05, 0.1) is 5.60 Å². The number of rotatable bonds is 12. The van der Waals surface area contributed by atoms with Crippen molar-refractivity contribution >= 4 is 6.21 Å². The molecule has 2 rings (SSSR count). The molecule has 5 N–H and O–H groups in total. The molecule has 31 heavy (non-hydrogen) atoms. The molecule has 0 aromatic heterocycles. The van der Waals surface area contributed by atoms with Gasteiger partial charge in [-0.2, -0.15) is 0 Å². The molecule has 0 aromatic rings. The first kappa shape index (κ1) is 25.8. The maximum atomic E-state index is 10.7. The summed E-state index contributed by atoms with van der Waals surface area (Å²) in [6, 6.07) is 0.356. The van der Waals surface area contributed by atoms with Crippen molar-refractivity contribution in [1.29, 1.82) is 0 Å². The van der Waals surface area contributed by atoms with Crippen LogP contribution in [0.25, 0.3) is 0 Å². The van der Waals surface area contributed by atoms with E-state index in [0.29, 0.717) is 51.0 Å². The first-order valence-corrected chi connectivity index (χ1v) is 11.9. The molecule has 2 aliphatic heterocycles. The third kappa shape index (κ3) is 9.27. The highest BCUT2D eigenvalue weighted by atomic mass is 16.5. The molecule has 0 radical (unpaired) electrons. The molecule has 0 aromatic carbocycles. The number of nitrogens with two attached hydrogens (primary N) is 1. The summed E-state index contributed by atoms with van der Waals surface area (Å²) >= 11 is 0. The van der Waals surface area contributed by atoms with Crippen LogP contribution in [0, 0.1) is 5.41 Å². The number of hydrogen-bond acceptors (Lipinski definition) is 6. The van der Waals surface area contributed by atoms with E-state index in [1.807, 2.05) is 12.3 Å². The molecule has 176 valence electrons. The van der Waals surface area contributed by atoms with Crippen LogP contribution in [-0.2, 0) is 4.74 Å². The number of ether oxygens (including phenoxy) is 1. The number of aliphatic imine (C=N–C) groups is 1. The minimum Gasteiger partial charge on any atom is -0.388 e. The molecular weight excluding hydrogens is 388 g/mol. The van der Waals surface area contributed by atoms with E-state index in [2.05, 4.69) is 49.1 Å². The molecule has 0 bridgehead atoms. The lowest BCUT2D eigenvalue weighted by Gasteiger charge is -2.32. The number of nitrogens with one attached hydrogen (secondary N) is 2. The van der Waals surface area contributed by atoms with Crippen molar-refractivity contribution in [2.75, 3.05) is 32.8 Å². The van der Waals surface area contributed by atoms with Crippen molar-refractivity contribution in [2.45, 2.75) is 77.4 Å². The maximum absolute atomic E-state index is 10.7. The number of allylic oxidation sites excluding steroid dienone is 2. The number of hydrogen-bond donors (Lipinski definition) is 4. The molecule has 2 fully saturated rings. The number of nitrogens with zero attached hydrogens (tertiary/aromatic N) is 1. The Morgan fingerprint density at radius 3 is 2.77 bits per heavy atom. The average molecular weight is 433 g/mol. The molecule has 6 heteroatoms. The van der Waals surface area contributed by atoms with E-state index >= 15 is 0 Å². The van der Waals surface area contributed by atoms with E-state index < -0.39 is 5.60 Å². The highest BCUT2D eigenvalue weighted by Crippen LogP contribution is 2.31. The summed E-state index contributed by atoms with van der Waals surface area (Å²) in [5.74, 6) is 0.596. The minimum atomic E-state index is -0.667. The first-order valence-electron chi connectivity index (χ1n) is 11.9. The Kier molecular flexibility index (Phi) is 10.4. The van der Waals surface area contributed by atoms with Gasteiger partial charge in [0.1, 0.15) is 5.82 Å². The zero-order valence-corrected chi connectivity index (χ0v) is 19.9. The van der Waals surface area contributed by atoms with Gasteiger partial charge in [0.2, 0.25) is 0 Å². The highest BCUT2D eigenvalue weighted by molar-refractivity contribution is 5.58. The second-order valence-electron chi connectivity index (χ2n) is 9.67. The van der Waals surface area contributed by atoms with Crippen molar-refractivity contribution in [3.8, 4) is 0 Å². The van der Waals surface area contributed by atoms with Crippen LogP contribution in [0.5, 0.6) is 0 Å². The van der Waals surface area contributed by atoms with E-state index in [-0.39, 0.29) is 5.41 Å². The van der Waals surface area contributed by atoms with Gasteiger partial charge in [0, 0.05) is 51.4 Å². The van der Waals surface area contributed by atoms with Crippen LogP contribution in [-0.4, -0.2) is 55.8 Å². The first-order chi connectivity index (χ1) is 14.7. The lowest BCUT2D eigenvalue weighted by Crippen LogP contribution is -2.45. The Balaban J connectivity index is 1.98. The summed E-state index contributed by atoms with van der Waals surface area (Å²) in [4.78, 5) is 4.23. The van der Waals surface area contributed by atoms with Gasteiger partial charge in [0.25, 0.3) is 0 Å². The maximum Gasteiger partial charge on any atom is 0.118 e. The lowest BCUT2D eigenvalue weighted by atomic mass is 9.82. The van der Waals surface area contributed by atoms with Crippen LogP contribution in [0.3, 0.4) is 0 Å². The normalized spacial score (nSPS) is 22.9. The van der Waals surface area contributed by atoms with Gasteiger partial charge >= 0.3 is 0 Å². The Bertz CT molecular complexity index is 654. The molecule has 0 aliphatic carbocycles. The fourth-order valence-electron chi connectivity index (χ4n) is 4.21.